The second-order valence-corrected chi connectivity index (χ2v) is 8.43. The van der Waals surface area contributed by atoms with Crippen LogP contribution < -0.4 is 10.6 Å². The van der Waals surface area contributed by atoms with E-state index in [1.165, 1.54) is 0 Å². The van der Waals surface area contributed by atoms with Gasteiger partial charge in [-0.25, -0.2) is 4.98 Å². The van der Waals surface area contributed by atoms with Crippen LogP contribution in [0.3, 0.4) is 0 Å². The average Bonchev–Trinajstić information content (AvgIpc) is 2.88. The van der Waals surface area contributed by atoms with Gasteiger partial charge in [-0.2, -0.15) is 0 Å². The summed E-state index contributed by atoms with van der Waals surface area (Å²) in [5.41, 5.74) is 9.37. The zero-order valence-electron chi connectivity index (χ0n) is 19.5. The zero-order valence-corrected chi connectivity index (χ0v) is 19.5. The molecule has 3 N–H and O–H groups in total. The third-order valence-electron chi connectivity index (χ3n) is 6.27. The van der Waals surface area contributed by atoms with Crippen LogP contribution in [0.2, 0.25) is 0 Å². The van der Waals surface area contributed by atoms with Gasteiger partial charge in [0.05, 0.1) is 18.1 Å². The molecule has 4 rings (SSSR count). The highest BCUT2D eigenvalue weighted by Gasteiger charge is 2.25. The number of carbonyl (C=O) groups is 1. The second kappa shape index (κ2) is 10.8. The first kappa shape index (κ1) is 23.9. The number of allylic oxidation sites excluding steroid dienone is 1. The molecule has 9 nitrogen and oxygen atoms in total. The van der Waals surface area contributed by atoms with E-state index in [2.05, 4.69) is 26.9 Å². The van der Waals surface area contributed by atoms with Crippen LogP contribution in [0.1, 0.15) is 5.56 Å². The van der Waals surface area contributed by atoms with Crippen LogP contribution in [0.5, 0.6) is 0 Å². The topological polar surface area (TPSA) is 114 Å². The maximum absolute atomic E-state index is 11.0. The highest BCUT2D eigenvalue weighted by atomic mass is 16.5. The molecule has 1 aromatic heterocycles. The SMILES string of the molecule is COC1C=CC(N2CCN(c3cncc(-c4ccc(CC(N)C(=O)O)cc4)n3)CC2)=CC1OC. The number of nitrogens with zero attached hydrogens (tertiary/aromatic N) is 4. The number of piperazine rings is 1. The molecule has 0 amide bonds. The number of nitrogens with two attached hydrogens (primary N) is 1. The van der Waals surface area contributed by atoms with Gasteiger partial charge in [-0.1, -0.05) is 30.3 Å². The molecule has 2 aromatic rings. The summed E-state index contributed by atoms with van der Waals surface area (Å²) in [6.07, 6.45) is 9.95. The van der Waals surface area contributed by atoms with Gasteiger partial charge in [0.15, 0.2) is 0 Å². The van der Waals surface area contributed by atoms with E-state index >= 15 is 0 Å². The van der Waals surface area contributed by atoms with Crippen molar-refractivity contribution in [2.45, 2.75) is 24.7 Å². The lowest BCUT2D eigenvalue weighted by molar-refractivity contribution is -0.138. The molecule has 3 unspecified atom stereocenters. The Morgan fingerprint density at radius 2 is 1.76 bits per heavy atom. The maximum Gasteiger partial charge on any atom is 0.320 e. The molecule has 0 spiro atoms. The van der Waals surface area contributed by atoms with Crippen molar-refractivity contribution < 1.29 is 19.4 Å². The van der Waals surface area contributed by atoms with E-state index in [-0.39, 0.29) is 18.6 Å². The smallest absolute Gasteiger partial charge is 0.320 e. The number of hydrogen-bond acceptors (Lipinski definition) is 8. The minimum atomic E-state index is -1.00. The van der Waals surface area contributed by atoms with Crippen molar-refractivity contribution in [3.8, 4) is 11.3 Å². The van der Waals surface area contributed by atoms with Gasteiger partial charge >= 0.3 is 5.97 Å². The summed E-state index contributed by atoms with van der Waals surface area (Å²) in [5, 5.41) is 9.00. The van der Waals surface area contributed by atoms with Crippen LogP contribution in [0.15, 0.2) is 60.6 Å². The molecule has 0 saturated carbocycles. The zero-order chi connectivity index (χ0) is 24.1. The minimum absolute atomic E-state index is 0.0592. The number of carboxylic acid groups (broad SMARTS) is 1. The summed E-state index contributed by atoms with van der Waals surface area (Å²) < 4.78 is 11.0. The lowest BCUT2D eigenvalue weighted by atomic mass is 10.0. The number of hydrogen-bond donors (Lipinski definition) is 2. The molecule has 1 saturated heterocycles. The van der Waals surface area contributed by atoms with Crippen molar-refractivity contribution in [3.63, 3.8) is 0 Å². The van der Waals surface area contributed by atoms with E-state index in [4.69, 9.17) is 25.3 Å². The van der Waals surface area contributed by atoms with E-state index < -0.39 is 12.0 Å². The second-order valence-electron chi connectivity index (χ2n) is 8.43. The normalized spacial score (nSPS) is 21.3. The number of aliphatic carboxylic acids is 1. The number of carboxylic acids is 1. The summed E-state index contributed by atoms with van der Waals surface area (Å²) in [6, 6.07) is 6.72. The fraction of sp³-hybridized carbons (Fsp3) is 0.400. The first-order chi connectivity index (χ1) is 16.5. The molecule has 1 fully saturated rings. The average molecular weight is 466 g/mol. The molecule has 1 aromatic carbocycles. The monoisotopic (exact) mass is 465 g/mol. The van der Waals surface area contributed by atoms with Crippen molar-refractivity contribution in [3.05, 3.63) is 66.1 Å². The van der Waals surface area contributed by atoms with E-state index in [9.17, 15) is 4.79 Å². The van der Waals surface area contributed by atoms with Crippen LogP contribution in [-0.4, -0.2) is 84.6 Å². The van der Waals surface area contributed by atoms with Gasteiger partial charge in [0.1, 0.15) is 24.1 Å². The molecule has 9 heteroatoms. The van der Waals surface area contributed by atoms with Crippen molar-refractivity contribution in [2.75, 3.05) is 45.3 Å². The number of methoxy groups -OCH3 is 2. The molecule has 0 radical (unpaired) electrons. The largest absolute Gasteiger partial charge is 0.480 e. The predicted molar refractivity (Wildman–Crippen MR) is 129 cm³/mol. The number of anilines is 1. The number of benzene rings is 1. The molecular weight excluding hydrogens is 434 g/mol. The molecule has 180 valence electrons. The van der Waals surface area contributed by atoms with Crippen LogP contribution in [-0.2, 0) is 20.7 Å². The first-order valence-corrected chi connectivity index (χ1v) is 11.3. The van der Waals surface area contributed by atoms with Crippen LogP contribution >= 0.6 is 0 Å². The van der Waals surface area contributed by atoms with E-state index in [0.29, 0.717) is 0 Å². The van der Waals surface area contributed by atoms with Gasteiger partial charge < -0.3 is 30.1 Å². The van der Waals surface area contributed by atoms with E-state index in [0.717, 1.165) is 54.5 Å². The van der Waals surface area contributed by atoms with E-state index in [1.807, 2.05) is 30.3 Å². The lowest BCUT2D eigenvalue weighted by Gasteiger charge is -2.38. The fourth-order valence-corrected chi connectivity index (χ4v) is 4.24. The summed E-state index contributed by atoms with van der Waals surface area (Å²) in [7, 11) is 3.39. The molecule has 2 heterocycles. The van der Waals surface area contributed by atoms with Crippen molar-refractivity contribution in [1.29, 1.82) is 0 Å². The van der Waals surface area contributed by atoms with Gasteiger partial charge in [0.2, 0.25) is 0 Å². The first-order valence-electron chi connectivity index (χ1n) is 11.3. The highest BCUT2D eigenvalue weighted by Crippen LogP contribution is 2.24. The number of ether oxygens (including phenoxy) is 2. The van der Waals surface area contributed by atoms with E-state index in [1.54, 1.807) is 26.6 Å². The summed E-state index contributed by atoms with van der Waals surface area (Å²) in [6.45, 7) is 3.41. The standard InChI is InChI=1S/C25H31N5O4/c1-33-22-8-7-19(14-23(22)34-2)29-9-11-30(12-10-29)24-16-27-15-21(28-24)18-5-3-17(4-6-18)13-20(26)25(31)32/h3-8,14-16,20,22-23H,9-13,26H2,1-2H3,(H,31,32). The van der Waals surface area contributed by atoms with Crippen molar-refractivity contribution in [2.24, 2.45) is 5.73 Å². The molecule has 1 aliphatic carbocycles. The van der Waals surface area contributed by atoms with Gasteiger partial charge in [0.25, 0.3) is 0 Å². The highest BCUT2D eigenvalue weighted by molar-refractivity contribution is 5.73. The Hall–Kier alpha value is -3.27. The summed E-state index contributed by atoms with van der Waals surface area (Å²) in [4.78, 5) is 24.8. The Kier molecular flexibility index (Phi) is 7.56. The lowest BCUT2D eigenvalue weighted by Crippen LogP contribution is -2.46. The van der Waals surface area contributed by atoms with Gasteiger partial charge in [0, 0.05) is 51.7 Å². The molecule has 1 aliphatic heterocycles. The van der Waals surface area contributed by atoms with Crippen molar-refractivity contribution in [1.82, 2.24) is 14.9 Å². The molecule has 2 aliphatic rings. The quantitative estimate of drug-likeness (QED) is 0.601. The Balaban J connectivity index is 1.39. The molecular formula is C25H31N5O4. The van der Waals surface area contributed by atoms with Gasteiger partial charge in [-0.3, -0.25) is 9.78 Å². The molecule has 0 bridgehead atoms. The summed E-state index contributed by atoms with van der Waals surface area (Å²) in [5.74, 6) is -0.160. The predicted octanol–water partition coefficient (Wildman–Crippen LogP) is 1.70. The Labute approximate surface area is 199 Å². The Bertz CT molecular complexity index is 1050. The Morgan fingerprint density at radius 1 is 1.09 bits per heavy atom. The number of aromatic nitrogens is 2. The van der Waals surface area contributed by atoms with Crippen LogP contribution in [0.25, 0.3) is 11.3 Å². The molecule has 3 atom stereocenters. The maximum atomic E-state index is 11.0. The van der Waals surface area contributed by atoms with Gasteiger partial charge in [-0.15, -0.1) is 0 Å². The van der Waals surface area contributed by atoms with Crippen LogP contribution in [0, 0.1) is 0 Å². The third kappa shape index (κ3) is 5.44. The molecule has 34 heavy (non-hydrogen) atoms. The minimum Gasteiger partial charge on any atom is -0.480 e. The van der Waals surface area contributed by atoms with Crippen molar-refractivity contribution >= 4 is 11.8 Å². The van der Waals surface area contributed by atoms with Gasteiger partial charge in [-0.05, 0) is 24.1 Å². The fourth-order valence-electron chi connectivity index (χ4n) is 4.24. The third-order valence-corrected chi connectivity index (χ3v) is 6.27. The number of rotatable bonds is 8. The van der Waals surface area contributed by atoms with Crippen LogP contribution in [0.4, 0.5) is 5.82 Å². The Morgan fingerprint density at radius 3 is 2.41 bits per heavy atom. The summed E-state index contributed by atoms with van der Waals surface area (Å²) >= 11 is 0.